The Morgan fingerprint density at radius 3 is 2.28 bits per heavy atom. The summed E-state index contributed by atoms with van der Waals surface area (Å²) < 4.78 is 10.5. The van der Waals surface area contributed by atoms with Gasteiger partial charge in [0.15, 0.2) is 0 Å². The average Bonchev–Trinajstić information content (AvgIpc) is 2.22. The molecule has 0 aliphatic rings. The molecule has 100 valence electrons. The molecule has 1 aromatic heterocycles. The summed E-state index contributed by atoms with van der Waals surface area (Å²) in [6, 6.07) is 0. The number of halogens is 1. The summed E-state index contributed by atoms with van der Waals surface area (Å²) in [7, 11) is 1.46. The summed E-state index contributed by atoms with van der Waals surface area (Å²) in [5.41, 5.74) is 0.947. The second kappa shape index (κ2) is 5.14. The second-order valence-corrected chi connectivity index (χ2v) is 5.40. The second-order valence-electron chi connectivity index (χ2n) is 5.02. The van der Waals surface area contributed by atoms with Crippen molar-refractivity contribution in [3.8, 4) is 5.88 Å². The topological polar surface area (TPSA) is 48.4 Å². The number of carbonyl (C=O) groups is 1. The minimum absolute atomic E-state index is 0.239. The average molecular weight is 272 g/mol. The van der Waals surface area contributed by atoms with E-state index in [0.717, 1.165) is 0 Å². The Hall–Kier alpha value is -1.29. The van der Waals surface area contributed by atoms with E-state index in [-0.39, 0.29) is 11.4 Å². The van der Waals surface area contributed by atoms with Gasteiger partial charge in [-0.3, -0.25) is 0 Å². The molecule has 0 saturated heterocycles. The van der Waals surface area contributed by atoms with E-state index in [1.165, 1.54) is 7.11 Å². The fourth-order valence-corrected chi connectivity index (χ4v) is 1.65. The number of methoxy groups -OCH3 is 1. The van der Waals surface area contributed by atoms with Crippen molar-refractivity contribution in [3.05, 3.63) is 21.8 Å². The molecule has 18 heavy (non-hydrogen) atoms. The Labute approximate surface area is 112 Å². The van der Waals surface area contributed by atoms with Gasteiger partial charge in [0.2, 0.25) is 5.88 Å². The third kappa shape index (κ3) is 3.13. The molecule has 0 spiro atoms. The molecule has 0 radical (unpaired) electrons. The highest BCUT2D eigenvalue weighted by molar-refractivity contribution is 6.32. The van der Waals surface area contributed by atoms with Crippen LogP contribution in [0.15, 0.2) is 0 Å². The molecule has 0 fully saturated rings. The number of nitrogens with zero attached hydrogens (tertiary/aromatic N) is 1. The number of aromatic nitrogens is 1. The number of hydrogen-bond donors (Lipinski definition) is 0. The number of pyridine rings is 1. The van der Waals surface area contributed by atoms with E-state index in [4.69, 9.17) is 21.1 Å². The molecule has 0 aliphatic carbocycles. The zero-order chi connectivity index (χ0) is 14.1. The number of esters is 1. The lowest BCUT2D eigenvalue weighted by atomic mass is 10.1. The third-order valence-electron chi connectivity index (χ3n) is 2.30. The van der Waals surface area contributed by atoms with Crippen LogP contribution >= 0.6 is 11.6 Å². The van der Waals surface area contributed by atoms with E-state index in [2.05, 4.69) is 4.98 Å². The van der Waals surface area contributed by atoms with Crippen LogP contribution in [0.3, 0.4) is 0 Å². The molecule has 1 heterocycles. The number of ether oxygens (including phenoxy) is 2. The molecule has 0 aromatic carbocycles. The number of carbonyl (C=O) groups excluding carboxylic acids is 1. The Morgan fingerprint density at radius 1 is 1.28 bits per heavy atom. The highest BCUT2D eigenvalue weighted by atomic mass is 35.5. The maximum Gasteiger partial charge on any atom is 0.344 e. The van der Waals surface area contributed by atoms with Crippen LogP contribution in [0.2, 0.25) is 5.02 Å². The van der Waals surface area contributed by atoms with Gasteiger partial charge in [-0.15, -0.1) is 0 Å². The van der Waals surface area contributed by atoms with Crippen molar-refractivity contribution in [3.63, 3.8) is 0 Å². The monoisotopic (exact) mass is 271 g/mol. The minimum Gasteiger partial charge on any atom is -0.480 e. The zero-order valence-electron chi connectivity index (χ0n) is 11.5. The molecule has 0 atom stereocenters. The Balaban J connectivity index is 3.31. The molecule has 1 rings (SSSR count). The number of aryl methyl sites for hydroxylation is 1. The first-order valence-corrected chi connectivity index (χ1v) is 5.99. The van der Waals surface area contributed by atoms with Crippen LogP contribution in [-0.2, 0) is 4.74 Å². The molecule has 0 amide bonds. The van der Waals surface area contributed by atoms with Crippen molar-refractivity contribution in [2.45, 2.75) is 40.2 Å². The normalized spacial score (nSPS) is 11.3. The molecule has 0 bridgehead atoms. The molecule has 5 heteroatoms. The summed E-state index contributed by atoms with van der Waals surface area (Å²) >= 11 is 6.10. The van der Waals surface area contributed by atoms with Gasteiger partial charge in [0.25, 0.3) is 0 Å². The van der Waals surface area contributed by atoms with Gasteiger partial charge in [0, 0.05) is 0 Å². The van der Waals surface area contributed by atoms with E-state index in [0.29, 0.717) is 16.3 Å². The van der Waals surface area contributed by atoms with Crippen LogP contribution in [-0.4, -0.2) is 23.7 Å². The van der Waals surface area contributed by atoms with Crippen LogP contribution < -0.4 is 4.74 Å². The predicted molar refractivity (Wildman–Crippen MR) is 70.4 cm³/mol. The summed E-state index contributed by atoms with van der Waals surface area (Å²) in [5.74, 6) is -0.241. The van der Waals surface area contributed by atoms with Crippen LogP contribution in [0.25, 0.3) is 0 Å². The smallest absolute Gasteiger partial charge is 0.344 e. The molecule has 4 nitrogen and oxygen atoms in total. The summed E-state index contributed by atoms with van der Waals surface area (Å²) in [6.45, 7) is 8.91. The van der Waals surface area contributed by atoms with Gasteiger partial charge in [-0.05, 0) is 40.2 Å². The van der Waals surface area contributed by atoms with Crippen molar-refractivity contribution in [2.24, 2.45) is 0 Å². The van der Waals surface area contributed by atoms with E-state index < -0.39 is 11.6 Å². The molecule has 1 aromatic rings. The maximum atomic E-state index is 12.1. The highest BCUT2D eigenvalue weighted by Crippen LogP contribution is 2.30. The van der Waals surface area contributed by atoms with E-state index >= 15 is 0 Å². The summed E-state index contributed by atoms with van der Waals surface area (Å²) in [4.78, 5) is 16.3. The van der Waals surface area contributed by atoms with Crippen molar-refractivity contribution in [1.29, 1.82) is 0 Å². The summed E-state index contributed by atoms with van der Waals surface area (Å²) in [5, 5.41) is 0.455. The van der Waals surface area contributed by atoms with Crippen LogP contribution in [0.4, 0.5) is 0 Å². The van der Waals surface area contributed by atoms with Gasteiger partial charge in [-0.1, -0.05) is 11.6 Å². The van der Waals surface area contributed by atoms with Crippen molar-refractivity contribution in [2.75, 3.05) is 7.11 Å². The van der Waals surface area contributed by atoms with Crippen molar-refractivity contribution < 1.29 is 14.3 Å². The van der Waals surface area contributed by atoms with Gasteiger partial charge in [-0.25, -0.2) is 9.78 Å². The first-order valence-electron chi connectivity index (χ1n) is 5.61. The van der Waals surface area contributed by atoms with E-state index in [1.807, 2.05) is 0 Å². The molecular formula is C13H18ClNO3. The SMILES string of the molecule is COc1nc(C)c(Cl)c(C)c1C(=O)OC(C)(C)C. The van der Waals surface area contributed by atoms with Crippen LogP contribution in [0.5, 0.6) is 5.88 Å². The minimum atomic E-state index is -0.577. The zero-order valence-corrected chi connectivity index (χ0v) is 12.3. The van der Waals surface area contributed by atoms with Gasteiger partial charge < -0.3 is 9.47 Å². The quantitative estimate of drug-likeness (QED) is 0.774. The first kappa shape index (κ1) is 14.8. The molecule has 0 N–H and O–H groups in total. The fourth-order valence-electron chi connectivity index (χ4n) is 1.52. The fraction of sp³-hybridized carbons (Fsp3) is 0.538. The predicted octanol–water partition coefficient (Wildman–Crippen LogP) is 3.32. The summed E-state index contributed by atoms with van der Waals surface area (Å²) in [6.07, 6.45) is 0. The molecule has 0 unspecified atom stereocenters. The highest BCUT2D eigenvalue weighted by Gasteiger charge is 2.25. The molecule has 0 saturated carbocycles. The number of rotatable bonds is 2. The van der Waals surface area contributed by atoms with E-state index in [9.17, 15) is 4.79 Å². The first-order chi connectivity index (χ1) is 8.17. The molecule has 0 aliphatic heterocycles. The van der Waals surface area contributed by atoms with Gasteiger partial charge in [0.1, 0.15) is 11.2 Å². The number of hydrogen-bond acceptors (Lipinski definition) is 4. The lowest BCUT2D eigenvalue weighted by Crippen LogP contribution is -2.25. The van der Waals surface area contributed by atoms with Crippen molar-refractivity contribution >= 4 is 17.6 Å². The van der Waals surface area contributed by atoms with Gasteiger partial charge in [0.05, 0.1) is 17.8 Å². The Morgan fingerprint density at radius 2 is 1.83 bits per heavy atom. The van der Waals surface area contributed by atoms with E-state index in [1.54, 1.807) is 34.6 Å². The van der Waals surface area contributed by atoms with Crippen LogP contribution in [0, 0.1) is 13.8 Å². The third-order valence-corrected chi connectivity index (χ3v) is 2.86. The molecular weight excluding hydrogens is 254 g/mol. The standard InChI is InChI=1S/C13H18ClNO3/c1-7-9(12(16)18-13(3,4)5)11(17-6)15-8(2)10(7)14/h1-6H3. The maximum absolute atomic E-state index is 12.1. The lowest BCUT2D eigenvalue weighted by molar-refractivity contribution is 0.00649. The largest absolute Gasteiger partial charge is 0.480 e. The Kier molecular flexibility index (Phi) is 4.22. The van der Waals surface area contributed by atoms with Crippen LogP contribution in [0.1, 0.15) is 42.4 Å². The van der Waals surface area contributed by atoms with Crippen molar-refractivity contribution in [1.82, 2.24) is 4.98 Å². The van der Waals surface area contributed by atoms with Gasteiger partial charge >= 0.3 is 5.97 Å². The lowest BCUT2D eigenvalue weighted by Gasteiger charge is -2.21. The Bertz CT molecular complexity index is 478. The van der Waals surface area contributed by atoms with Gasteiger partial charge in [-0.2, -0.15) is 0 Å².